The fraction of sp³-hybridized carbons (Fsp3) is 0.684. The van der Waals surface area contributed by atoms with Gasteiger partial charge in [0, 0.05) is 6.04 Å². The van der Waals surface area contributed by atoms with Gasteiger partial charge in [0.25, 0.3) is 0 Å². The topological polar surface area (TPSA) is 3.24 Å². The molecule has 1 heterocycles. The van der Waals surface area contributed by atoms with Crippen molar-refractivity contribution in [2.24, 2.45) is 5.41 Å². The van der Waals surface area contributed by atoms with Gasteiger partial charge >= 0.3 is 0 Å². The smallest absolute Gasteiger partial charge is 0.0401 e. The van der Waals surface area contributed by atoms with Crippen molar-refractivity contribution in [1.82, 2.24) is 4.90 Å². The van der Waals surface area contributed by atoms with Gasteiger partial charge in [-0.1, -0.05) is 63.9 Å². The lowest BCUT2D eigenvalue weighted by Crippen LogP contribution is -2.38. The quantitative estimate of drug-likeness (QED) is 0.640. The van der Waals surface area contributed by atoms with Gasteiger partial charge in [0.05, 0.1) is 0 Å². The zero-order chi connectivity index (χ0) is 14.4. The van der Waals surface area contributed by atoms with E-state index < -0.39 is 0 Å². The molecule has 0 bridgehead atoms. The summed E-state index contributed by atoms with van der Waals surface area (Å²) in [6.07, 6.45) is 8.01. The summed E-state index contributed by atoms with van der Waals surface area (Å²) in [5, 5.41) is 0. The minimum Gasteiger partial charge on any atom is -0.296 e. The van der Waals surface area contributed by atoms with Gasteiger partial charge < -0.3 is 0 Å². The molecular formula is C19H31N. The molecule has 1 aliphatic rings. The van der Waals surface area contributed by atoms with Crippen LogP contribution in [-0.4, -0.2) is 18.0 Å². The minimum atomic E-state index is 0.404. The van der Waals surface area contributed by atoms with Crippen LogP contribution in [0.2, 0.25) is 0 Å². The molecule has 0 N–H and O–H groups in total. The predicted octanol–water partition coefficient (Wildman–Crippen LogP) is 5.43. The fourth-order valence-electron chi connectivity index (χ4n) is 3.78. The van der Waals surface area contributed by atoms with Crippen LogP contribution in [0.5, 0.6) is 0 Å². The van der Waals surface area contributed by atoms with E-state index in [-0.39, 0.29) is 0 Å². The van der Waals surface area contributed by atoms with E-state index in [9.17, 15) is 0 Å². The van der Waals surface area contributed by atoms with Crippen molar-refractivity contribution in [3.8, 4) is 0 Å². The first-order chi connectivity index (χ1) is 9.71. The molecule has 1 heteroatoms. The predicted molar refractivity (Wildman–Crippen MR) is 87.9 cm³/mol. The standard InChI is InChI=1S/C19H31N/c1-4-6-14-19(3,5-2)18(20-15-10-11-16-20)17-12-8-7-9-13-17/h7-9,12-13,18H,4-6,10-11,14-16H2,1-3H3/t18-,19?/m1/s1. The first-order valence-electron chi connectivity index (χ1n) is 8.50. The maximum atomic E-state index is 2.74. The number of hydrogen-bond acceptors (Lipinski definition) is 1. The van der Waals surface area contributed by atoms with Gasteiger partial charge in [-0.2, -0.15) is 0 Å². The third kappa shape index (κ3) is 3.44. The number of likely N-dealkylation sites (tertiary alicyclic amines) is 1. The van der Waals surface area contributed by atoms with Crippen molar-refractivity contribution in [2.75, 3.05) is 13.1 Å². The highest BCUT2D eigenvalue weighted by Crippen LogP contribution is 2.45. The summed E-state index contributed by atoms with van der Waals surface area (Å²) in [6, 6.07) is 11.8. The molecule has 0 amide bonds. The number of unbranched alkanes of at least 4 members (excludes halogenated alkanes) is 1. The summed E-state index contributed by atoms with van der Waals surface area (Å²) >= 11 is 0. The zero-order valence-electron chi connectivity index (χ0n) is 13.6. The molecule has 0 spiro atoms. The SMILES string of the molecule is CCCCC(C)(CC)[C@@H](c1ccccc1)N1CCCC1. The van der Waals surface area contributed by atoms with E-state index in [0.29, 0.717) is 11.5 Å². The van der Waals surface area contributed by atoms with Crippen molar-refractivity contribution in [2.45, 2.75) is 65.3 Å². The zero-order valence-corrected chi connectivity index (χ0v) is 13.6. The van der Waals surface area contributed by atoms with E-state index in [4.69, 9.17) is 0 Å². The number of rotatable bonds is 7. The van der Waals surface area contributed by atoms with Crippen LogP contribution in [0, 0.1) is 5.41 Å². The molecule has 1 unspecified atom stereocenters. The van der Waals surface area contributed by atoms with E-state index in [1.54, 1.807) is 0 Å². The van der Waals surface area contributed by atoms with E-state index in [1.165, 1.54) is 57.2 Å². The Bertz CT molecular complexity index is 380. The monoisotopic (exact) mass is 273 g/mol. The molecule has 112 valence electrons. The highest BCUT2D eigenvalue weighted by molar-refractivity contribution is 5.22. The van der Waals surface area contributed by atoms with Crippen molar-refractivity contribution in [3.05, 3.63) is 35.9 Å². The summed E-state index contributed by atoms with van der Waals surface area (Å²) in [4.78, 5) is 2.74. The minimum absolute atomic E-state index is 0.404. The maximum absolute atomic E-state index is 2.74. The number of nitrogens with zero attached hydrogens (tertiary/aromatic N) is 1. The average Bonchev–Trinajstić information content (AvgIpc) is 3.00. The van der Waals surface area contributed by atoms with E-state index >= 15 is 0 Å². The molecule has 2 atom stereocenters. The molecule has 1 fully saturated rings. The number of hydrogen-bond donors (Lipinski definition) is 0. The molecule has 0 saturated carbocycles. The van der Waals surface area contributed by atoms with E-state index in [1.807, 2.05) is 0 Å². The van der Waals surface area contributed by atoms with Crippen LogP contribution in [0.4, 0.5) is 0 Å². The molecule has 20 heavy (non-hydrogen) atoms. The van der Waals surface area contributed by atoms with Crippen LogP contribution >= 0.6 is 0 Å². The Morgan fingerprint density at radius 2 is 1.75 bits per heavy atom. The Labute approximate surface area is 125 Å². The van der Waals surface area contributed by atoms with Gasteiger partial charge in [0.1, 0.15) is 0 Å². The van der Waals surface area contributed by atoms with Crippen molar-refractivity contribution < 1.29 is 0 Å². The molecule has 0 aliphatic carbocycles. The highest BCUT2D eigenvalue weighted by Gasteiger charge is 2.38. The van der Waals surface area contributed by atoms with Crippen LogP contribution in [0.25, 0.3) is 0 Å². The van der Waals surface area contributed by atoms with Crippen LogP contribution in [-0.2, 0) is 0 Å². The average molecular weight is 273 g/mol. The molecule has 1 aromatic rings. The van der Waals surface area contributed by atoms with E-state index in [2.05, 4.69) is 56.0 Å². The highest BCUT2D eigenvalue weighted by atomic mass is 15.2. The largest absolute Gasteiger partial charge is 0.296 e. The molecule has 1 nitrogen and oxygen atoms in total. The lowest BCUT2D eigenvalue weighted by atomic mass is 9.72. The van der Waals surface area contributed by atoms with Crippen molar-refractivity contribution >= 4 is 0 Å². The van der Waals surface area contributed by atoms with Crippen LogP contribution in [0.3, 0.4) is 0 Å². The first kappa shape index (κ1) is 15.6. The van der Waals surface area contributed by atoms with Crippen LogP contribution in [0.15, 0.2) is 30.3 Å². The second-order valence-corrected chi connectivity index (χ2v) is 6.67. The van der Waals surface area contributed by atoms with Gasteiger partial charge in [0.2, 0.25) is 0 Å². The Morgan fingerprint density at radius 3 is 2.30 bits per heavy atom. The molecule has 1 aromatic carbocycles. The summed E-state index contributed by atoms with van der Waals surface area (Å²) in [5.74, 6) is 0. The Hall–Kier alpha value is -0.820. The lowest BCUT2D eigenvalue weighted by molar-refractivity contribution is 0.0792. The molecule has 2 rings (SSSR count). The van der Waals surface area contributed by atoms with Gasteiger partial charge in [-0.05, 0) is 49.8 Å². The van der Waals surface area contributed by atoms with Gasteiger partial charge in [-0.15, -0.1) is 0 Å². The second-order valence-electron chi connectivity index (χ2n) is 6.67. The molecule has 1 aliphatic heterocycles. The maximum Gasteiger partial charge on any atom is 0.0401 e. The summed E-state index contributed by atoms with van der Waals surface area (Å²) in [6.45, 7) is 9.76. The third-order valence-electron chi connectivity index (χ3n) is 5.19. The fourth-order valence-corrected chi connectivity index (χ4v) is 3.78. The number of benzene rings is 1. The Kier molecular flexibility index (Phi) is 5.65. The molecular weight excluding hydrogens is 242 g/mol. The normalized spacial score (nSPS) is 20.8. The summed E-state index contributed by atoms with van der Waals surface area (Å²) in [7, 11) is 0. The third-order valence-corrected chi connectivity index (χ3v) is 5.19. The summed E-state index contributed by atoms with van der Waals surface area (Å²) < 4.78 is 0. The summed E-state index contributed by atoms with van der Waals surface area (Å²) in [5.41, 5.74) is 1.93. The molecule has 0 aromatic heterocycles. The Morgan fingerprint density at radius 1 is 1.10 bits per heavy atom. The molecule has 1 saturated heterocycles. The van der Waals surface area contributed by atoms with Crippen molar-refractivity contribution in [1.29, 1.82) is 0 Å². The second kappa shape index (κ2) is 7.26. The lowest BCUT2D eigenvalue weighted by Gasteiger charge is -2.43. The Balaban J connectivity index is 2.29. The van der Waals surface area contributed by atoms with Crippen LogP contribution < -0.4 is 0 Å². The van der Waals surface area contributed by atoms with Gasteiger partial charge in [0.15, 0.2) is 0 Å². The van der Waals surface area contributed by atoms with Gasteiger partial charge in [-0.25, -0.2) is 0 Å². The van der Waals surface area contributed by atoms with Gasteiger partial charge in [-0.3, -0.25) is 4.90 Å². The van der Waals surface area contributed by atoms with Crippen molar-refractivity contribution in [3.63, 3.8) is 0 Å². The van der Waals surface area contributed by atoms with E-state index in [0.717, 1.165) is 0 Å². The van der Waals surface area contributed by atoms with Crippen LogP contribution in [0.1, 0.15) is 70.9 Å². The molecule has 0 radical (unpaired) electrons. The first-order valence-corrected chi connectivity index (χ1v) is 8.50.